The number of nitrogens with zero attached hydrogens (tertiary/aromatic N) is 2. The van der Waals surface area contributed by atoms with E-state index in [0.717, 1.165) is 29.8 Å². The van der Waals surface area contributed by atoms with Gasteiger partial charge in [0.2, 0.25) is 0 Å². The Morgan fingerprint density at radius 1 is 1.63 bits per heavy atom. The van der Waals surface area contributed by atoms with E-state index in [-0.39, 0.29) is 11.8 Å². The summed E-state index contributed by atoms with van der Waals surface area (Å²) in [5.74, 6) is 0. The third-order valence-electron chi connectivity index (χ3n) is 3.05. The number of nitro groups is 1. The number of hydrogen-bond acceptors (Lipinski definition) is 5. The average Bonchev–Trinajstić information content (AvgIpc) is 2.39. The molecule has 19 heavy (non-hydrogen) atoms. The van der Waals surface area contributed by atoms with Crippen LogP contribution < -0.4 is 10.2 Å². The fourth-order valence-electron chi connectivity index (χ4n) is 2.16. The summed E-state index contributed by atoms with van der Waals surface area (Å²) in [5.41, 5.74) is 1.06. The maximum Gasteiger partial charge on any atom is 0.270 e. The summed E-state index contributed by atoms with van der Waals surface area (Å²) in [7, 11) is 1.89. The highest BCUT2D eigenvalue weighted by Gasteiger charge is 2.22. The van der Waals surface area contributed by atoms with Gasteiger partial charge in [0, 0.05) is 36.2 Å². The predicted molar refractivity (Wildman–Crippen MR) is 76.7 cm³/mol. The highest BCUT2D eigenvalue weighted by Crippen LogP contribution is 2.31. The number of hydrogen-bond donors (Lipinski definition) is 1. The zero-order valence-corrected chi connectivity index (χ0v) is 12.2. The molecule has 1 aliphatic heterocycles. The normalized spacial score (nSPS) is 19.5. The van der Waals surface area contributed by atoms with Crippen molar-refractivity contribution in [1.29, 1.82) is 0 Å². The van der Waals surface area contributed by atoms with Crippen LogP contribution in [0.25, 0.3) is 0 Å². The largest absolute Gasteiger partial charge is 0.373 e. The van der Waals surface area contributed by atoms with Crippen LogP contribution in [-0.4, -0.2) is 44.3 Å². The van der Waals surface area contributed by atoms with Crippen molar-refractivity contribution in [2.24, 2.45) is 0 Å². The number of ether oxygens (including phenoxy) is 1. The number of nitrogens with one attached hydrogen (secondary N) is 1. The number of morpholine rings is 1. The Hall–Kier alpha value is -1.18. The van der Waals surface area contributed by atoms with E-state index in [1.165, 1.54) is 12.1 Å². The van der Waals surface area contributed by atoms with E-state index in [4.69, 9.17) is 4.74 Å². The van der Waals surface area contributed by atoms with Crippen molar-refractivity contribution >= 4 is 27.3 Å². The summed E-state index contributed by atoms with van der Waals surface area (Å²) in [6, 6.07) is 4.85. The monoisotopic (exact) mass is 329 g/mol. The van der Waals surface area contributed by atoms with Gasteiger partial charge in [0.15, 0.2) is 0 Å². The van der Waals surface area contributed by atoms with Gasteiger partial charge in [-0.3, -0.25) is 10.1 Å². The number of rotatable bonds is 4. The minimum atomic E-state index is -0.391. The number of benzene rings is 1. The van der Waals surface area contributed by atoms with Gasteiger partial charge in [0.05, 0.1) is 23.3 Å². The number of nitro benzene ring substituents is 1. The molecule has 0 saturated carbocycles. The third-order valence-corrected chi connectivity index (χ3v) is 3.69. The van der Waals surface area contributed by atoms with Gasteiger partial charge in [-0.05, 0) is 29.0 Å². The highest BCUT2D eigenvalue weighted by atomic mass is 79.9. The second-order valence-electron chi connectivity index (χ2n) is 4.39. The van der Waals surface area contributed by atoms with E-state index in [1.54, 1.807) is 6.07 Å². The molecule has 2 rings (SSSR count). The molecule has 1 N–H and O–H groups in total. The van der Waals surface area contributed by atoms with Crippen LogP contribution in [0.4, 0.5) is 11.4 Å². The predicted octanol–water partition coefficient (Wildman–Crippen LogP) is 1.78. The van der Waals surface area contributed by atoms with E-state index in [0.29, 0.717) is 6.61 Å². The molecule has 0 aliphatic carbocycles. The topological polar surface area (TPSA) is 67.6 Å². The Morgan fingerprint density at radius 2 is 2.42 bits per heavy atom. The Kier molecular flexibility index (Phi) is 4.73. The lowest BCUT2D eigenvalue weighted by Gasteiger charge is -2.35. The van der Waals surface area contributed by atoms with Gasteiger partial charge in [-0.15, -0.1) is 0 Å². The fraction of sp³-hybridized carbons (Fsp3) is 0.500. The van der Waals surface area contributed by atoms with Gasteiger partial charge in [-0.2, -0.15) is 0 Å². The maximum atomic E-state index is 10.7. The molecule has 104 valence electrons. The van der Waals surface area contributed by atoms with Crippen molar-refractivity contribution in [1.82, 2.24) is 5.32 Å². The first-order chi connectivity index (χ1) is 9.11. The van der Waals surface area contributed by atoms with Crippen molar-refractivity contribution in [3.05, 3.63) is 32.8 Å². The Morgan fingerprint density at radius 3 is 3.05 bits per heavy atom. The zero-order chi connectivity index (χ0) is 13.8. The molecule has 1 heterocycles. The van der Waals surface area contributed by atoms with Crippen LogP contribution in [0.2, 0.25) is 0 Å². The molecular formula is C12H16BrN3O3. The Balaban J connectivity index is 2.15. The summed E-state index contributed by atoms with van der Waals surface area (Å²) in [4.78, 5) is 12.5. The minimum absolute atomic E-state index is 0.0932. The van der Waals surface area contributed by atoms with Crippen molar-refractivity contribution in [2.75, 3.05) is 38.2 Å². The lowest BCUT2D eigenvalue weighted by molar-refractivity contribution is -0.384. The SMILES string of the molecule is CNCC1CN(c2ccc([N+](=O)[O-])cc2Br)CCO1. The molecule has 0 radical (unpaired) electrons. The molecule has 0 amide bonds. The van der Waals surface area contributed by atoms with Crippen molar-refractivity contribution in [3.63, 3.8) is 0 Å². The number of non-ortho nitro benzene ring substituents is 1. The molecule has 1 fully saturated rings. The molecule has 0 aromatic heterocycles. The standard InChI is InChI=1S/C12H16BrN3O3/c1-14-7-10-8-15(4-5-19-10)12-3-2-9(16(17)18)6-11(12)13/h2-3,6,10,14H,4-5,7-8H2,1H3. The Bertz CT molecular complexity index is 468. The van der Waals surface area contributed by atoms with Crippen LogP contribution >= 0.6 is 15.9 Å². The lowest BCUT2D eigenvalue weighted by Crippen LogP contribution is -2.46. The second-order valence-corrected chi connectivity index (χ2v) is 5.24. The summed E-state index contributed by atoms with van der Waals surface area (Å²) in [6.45, 7) is 3.02. The average molecular weight is 330 g/mol. The lowest BCUT2D eigenvalue weighted by atomic mass is 10.2. The van der Waals surface area contributed by atoms with E-state index < -0.39 is 4.92 Å². The maximum absolute atomic E-state index is 10.7. The number of anilines is 1. The molecule has 0 spiro atoms. The van der Waals surface area contributed by atoms with Crippen molar-refractivity contribution in [3.8, 4) is 0 Å². The molecule has 1 aromatic rings. The molecule has 0 bridgehead atoms. The van der Waals surface area contributed by atoms with Crippen molar-refractivity contribution in [2.45, 2.75) is 6.10 Å². The summed E-state index contributed by atoms with van der Waals surface area (Å²) in [6.07, 6.45) is 0.140. The number of halogens is 1. The van der Waals surface area contributed by atoms with Crippen LogP contribution in [0.1, 0.15) is 0 Å². The van der Waals surface area contributed by atoms with E-state index in [9.17, 15) is 10.1 Å². The first kappa shape index (κ1) is 14.2. The summed E-state index contributed by atoms with van der Waals surface area (Å²) in [5, 5.41) is 13.8. The molecule has 1 saturated heterocycles. The molecule has 6 nitrogen and oxygen atoms in total. The van der Waals surface area contributed by atoms with Gasteiger partial charge in [-0.1, -0.05) is 0 Å². The molecular weight excluding hydrogens is 314 g/mol. The Labute approximate surface area is 120 Å². The van der Waals surface area contributed by atoms with Gasteiger partial charge in [0.25, 0.3) is 5.69 Å². The fourth-order valence-corrected chi connectivity index (χ4v) is 2.77. The molecule has 7 heteroatoms. The first-order valence-corrected chi connectivity index (χ1v) is 6.86. The van der Waals surface area contributed by atoms with Crippen molar-refractivity contribution < 1.29 is 9.66 Å². The van der Waals surface area contributed by atoms with E-state index >= 15 is 0 Å². The smallest absolute Gasteiger partial charge is 0.270 e. The van der Waals surface area contributed by atoms with Crippen LogP contribution in [0.3, 0.4) is 0 Å². The summed E-state index contributed by atoms with van der Waals surface area (Å²) >= 11 is 3.41. The molecule has 1 aromatic carbocycles. The van der Waals surface area contributed by atoms with Gasteiger partial charge in [-0.25, -0.2) is 0 Å². The first-order valence-electron chi connectivity index (χ1n) is 6.07. The van der Waals surface area contributed by atoms with Crippen LogP contribution in [-0.2, 0) is 4.74 Å². The number of likely N-dealkylation sites (N-methyl/N-ethyl adjacent to an activating group) is 1. The molecule has 1 unspecified atom stereocenters. The third kappa shape index (κ3) is 3.43. The van der Waals surface area contributed by atoms with Crippen LogP contribution in [0, 0.1) is 10.1 Å². The van der Waals surface area contributed by atoms with E-state index in [2.05, 4.69) is 26.1 Å². The molecule has 1 atom stereocenters. The van der Waals surface area contributed by atoms with Gasteiger partial charge >= 0.3 is 0 Å². The van der Waals surface area contributed by atoms with Crippen LogP contribution in [0.5, 0.6) is 0 Å². The van der Waals surface area contributed by atoms with Gasteiger partial charge in [0.1, 0.15) is 0 Å². The minimum Gasteiger partial charge on any atom is -0.373 e. The van der Waals surface area contributed by atoms with E-state index in [1.807, 2.05) is 7.05 Å². The quantitative estimate of drug-likeness (QED) is 0.673. The highest BCUT2D eigenvalue weighted by molar-refractivity contribution is 9.10. The van der Waals surface area contributed by atoms with Crippen LogP contribution in [0.15, 0.2) is 22.7 Å². The zero-order valence-electron chi connectivity index (χ0n) is 10.6. The van der Waals surface area contributed by atoms with Gasteiger partial charge < -0.3 is 15.0 Å². The summed E-state index contributed by atoms with van der Waals surface area (Å²) < 4.78 is 6.39. The second kappa shape index (κ2) is 6.31. The molecule has 1 aliphatic rings.